The molecule has 0 N–H and O–H groups in total. The molecule has 0 bridgehead atoms. The molecule has 0 heterocycles. The van der Waals surface area contributed by atoms with Crippen LogP contribution < -0.4 is 4.74 Å². The predicted octanol–water partition coefficient (Wildman–Crippen LogP) is 3.85. The molecular weight excluding hydrogens is 308 g/mol. The fourth-order valence-electron chi connectivity index (χ4n) is 2.10. The third-order valence-corrected chi connectivity index (χ3v) is 4.69. The van der Waals surface area contributed by atoms with Crippen molar-refractivity contribution in [3.8, 4) is 5.75 Å². The lowest BCUT2D eigenvalue weighted by atomic mass is 10.1. The Bertz CT molecular complexity index is 725. The smallest absolute Gasteiger partial charge is 0.261 e. The van der Waals surface area contributed by atoms with E-state index in [0.29, 0.717) is 17.9 Å². The van der Waals surface area contributed by atoms with Gasteiger partial charge in [0.05, 0.1) is 11.5 Å². The van der Waals surface area contributed by atoms with Crippen LogP contribution in [-0.2, 0) is 15.5 Å². The van der Waals surface area contributed by atoms with E-state index in [9.17, 15) is 8.42 Å². The van der Waals surface area contributed by atoms with Crippen LogP contribution in [0.4, 0.5) is 0 Å². The molecule has 0 aliphatic carbocycles. The van der Waals surface area contributed by atoms with E-state index in [0.717, 1.165) is 12.0 Å². The molecule has 0 amide bonds. The number of benzene rings is 2. The zero-order valence-corrected chi connectivity index (χ0v) is 13.5. The van der Waals surface area contributed by atoms with E-state index in [1.807, 2.05) is 37.3 Å². The van der Waals surface area contributed by atoms with Crippen LogP contribution in [0.2, 0.25) is 0 Å². The van der Waals surface area contributed by atoms with E-state index in [1.54, 1.807) is 19.1 Å². The quantitative estimate of drug-likeness (QED) is 0.784. The Hall–Kier alpha value is -1.52. The van der Waals surface area contributed by atoms with Gasteiger partial charge in [-0.25, -0.2) is 8.42 Å². The van der Waals surface area contributed by atoms with Gasteiger partial charge in [-0.1, -0.05) is 30.3 Å². The highest BCUT2D eigenvalue weighted by molar-refractivity contribution is 8.13. The average Bonchev–Trinajstić information content (AvgIpc) is 2.42. The number of ether oxygens (including phenoxy) is 1. The summed E-state index contributed by atoms with van der Waals surface area (Å²) in [4.78, 5) is 0.136. The molecule has 0 saturated carbocycles. The van der Waals surface area contributed by atoms with E-state index < -0.39 is 9.05 Å². The van der Waals surface area contributed by atoms with Crippen LogP contribution in [0.5, 0.6) is 5.75 Å². The van der Waals surface area contributed by atoms with Crippen molar-refractivity contribution >= 4 is 19.7 Å². The minimum Gasteiger partial charge on any atom is -0.493 e. The normalized spacial score (nSPS) is 11.4. The van der Waals surface area contributed by atoms with E-state index in [4.69, 9.17) is 15.4 Å². The maximum atomic E-state index is 11.4. The van der Waals surface area contributed by atoms with Crippen molar-refractivity contribution in [2.24, 2.45) is 0 Å². The summed E-state index contributed by atoms with van der Waals surface area (Å²) in [5, 5.41) is 0. The van der Waals surface area contributed by atoms with Gasteiger partial charge >= 0.3 is 0 Å². The van der Waals surface area contributed by atoms with Gasteiger partial charge in [0.15, 0.2) is 0 Å². The van der Waals surface area contributed by atoms with Crippen molar-refractivity contribution < 1.29 is 13.2 Å². The zero-order valence-electron chi connectivity index (χ0n) is 12.0. The van der Waals surface area contributed by atoms with E-state index in [2.05, 4.69) is 0 Å². The number of aryl methyl sites for hydroxylation is 2. The molecule has 2 rings (SSSR count). The molecule has 2 aromatic carbocycles. The fourth-order valence-corrected chi connectivity index (χ4v) is 3.36. The van der Waals surface area contributed by atoms with Crippen LogP contribution in [0.15, 0.2) is 47.4 Å². The molecule has 0 aromatic heterocycles. The van der Waals surface area contributed by atoms with Gasteiger partial charge in [0.25, 0.3) is 9.05 Å². The van der Waals surface area contributed by atoms with Crippen molar-refractivity contribution in [2.45, 2.75) is 25.2 Å². The van der Waals surface area contributed by atoms with Gasteiger partial charge in [0.1, 0.15) is 5.75 Å². The first-order valence-corrected chi connectivity index (χ1v) is 8.91. The van der Waals surface area contributed by atoms with Crippen LogP contribution in [-0.4, -0.2) is 15.0 Å². The lowest BCUT2D eigenvalue weighted by molar-refractivity contribution is 0.319. The Morgan fingerprint density at radius 3 is 2.33 bits per heavy atom. The Morgan fingerprint density at radius 1 is 1.05 bits per heavy atom. The summed E-state index contributed by atoms with van der Waals surface area (Å²) in [6, 6.07) is 13.3. The molecule has 0 fully saturated rings. The first-order chi connectivity index (χ1) is 9.88. The zero-order chi connectivity index (χ0) is 15.5. The molecule has 0 aliphatic rings. The lowest BCUT2D eigenvalue weighted by Gasteiger charge is -2.12. The minimum atomic E-state index is -3.72. The maximum Gasteiger partial charge on any atom is 0.261 e. The van der Waals surface area contributed by atoms with Crippen molar-refractivity contribution in [2.75, 3.05) is 6.61 Å². The molecule has 5 heteroatoms. The molecule has 0 unspecified atom stereocenters. The number of rotatable bonds is 5. The summed E-state index contributed by atoms with van der Waals surface area (Å²) < 4.78 is 28.6. The van der Waals surface area contributed by atoms with E-state index >= 15 is 0 Å². The molecule has 0 saturated heterocycles. The molecule has 0 aliphatic heterocycles. The number of halogens is 1. The Balaban J connectivity index is 2.09. The SMILES string of the molecule is Cc1cc(S(=O)(=O)Cl)c(C)cc1OCCc1ccccc1. The first-order valence-electron chi connectivity index (χ1n) is 6.60. The van der Waals surface area contributed by atoms with E-state index in [-0.39, 0.29) is 4.90 Å². The summed E-state index contributed by atoms with van der Waals surface area (Å²) in [6.45, 7) is 4.05. The maximum absolute atomic E-state index is 11.4. The summed E-state index contributed by atoms with van der Waals surface area (Å²) in [5.74, 6) is 0.687. The molecule has 0 atom stereocenters. The highest BCUT2D eigenvalue weighted by Gasteiger charge is 2.15. The topological polar surface area (TPSA) is 43.4 Å². The van der Waals surface area contributed by atoms with Crippen molar-refractivity contribution in [3.63, 3.8) is 0 Å². The standard InChI is InChI=1S/C16H17ClO3S/c1-12-11-16(21(17,18)19)13(2)10-15(12)20-9-8-14-6-4-3-5-7-14/h3-7,10-11H,8-9H2,1-2H3. The second kappa shape index (κ2) is 6.50. The summed E-state index contributed by atoms with van der Waals surface area (Å²) in [7, 11) is 1.68. The van der Waals surface area contributed by atoms with Crippen molar-refractivity contribution in [1.29, 1.82) is 0 Å². The summed E-state index contributed by atoms with van der Waals surface area (Å²) >= 11 is 0. The van der Waals surface area contributed by atoms with Crippen LogP contribution in [0.1, 0.15) is 16.7 Å². The lowest BCUT2D eigenvalue weighted by Crippen LogP contribution is -2.04. The Labute approximate surface area is 129 Å². The van der Waals surface area contributed by atoms with Gasteiger partial charge in [-0.2, -0.15) is 0 Å². The number of hydrogen-bond acceptors (Lipinski definition) is 3. The second-order valence-electron chi connectivity index (χ2n) is 4.91. The Morgan fingerprint density at radius 2 is 1.71 bits per heavy atom. The molecule has 0 radical (unpaired) electrons. The molecule has 21 heavy (non-hydrogen) atoms. The van der Waals surface area contributed by atoms with Crippen LogP contribution in [0.3, 0.4) is 0 Å². The molecule has 3 nitrogen and oxygen atoms in total. The van der Waals surface area contributed by atoms with E-state index in [1.165, 1.54) is 5.56 Å². The van der Waals surface area contributed by atoms with Crippen molar-refractivity contribution in [3.05, 3.63) is 59.2 Å². The highest BCUT2D eigenvalue weighted by Crippen LogP contribution is 2.28. The minimum absolute atomic E-state index is 0.136. The van der Waals surface area contributed by atoms with Crippen molar-refractivity contribution in [1.82, 2.24) is 0 Å². The first kappa shape index (κ1) is 15.9. The van der Waals surface area contributed by atoms with Gasteiger partial charge in [-0.05, 0) is 42.7 Å². The largest absolute Gasteiger partial charge is 0.493 e. The molecular formula is C16H17ClO3S. The van der Waals surface area contributed by atoms with Gasteiger partial charge in [0, 0.05) is 17.1 Å². The third-order valence-electron chi connectivity index (χ3n) is 3.23. The third kappa shape index (κ3) is 4.22. The average molecular weight is 325 g/mol. The Kier molecular flexibility index (Phi) is 4.91. The van der Waals surface area contributed by atoms with Gasteiger partial charge in [0.2, 0.25) is 0 Å². The van der Waals surface area contributed by atoms with Gasteiger partial charge in [-0.15, -0.1) is 0 Å². The molecule has 0 spiro atoms. The molecule has 2 aromatic rings. The summed E-state index contributed by atoms with van der Waals surface area (Å²) in [6.07, 6.45) is 0.800. The summed E-state index contributed by atoms with van der Waals surface area (Å²) in [5.41, 5.74) is 2.55. The molecule has 112 valence electrons. The second-order valence-corrected chi connectivity index (χ2v) is 7.44. The fraction of sp³-hybridized carbons (Fsp3) is 0.250. The van der Waals surface area contributed by atoms with Crippen LogP contribution in [0.25, 0.3) is 0 Å². The van der Waals surface area contributed by atoms with Gasteiger partial charge in [-0.3, -0.25) is 0 Å². The predicted molar refractivity (Wildman–Crippen MR) is 84.6 cm³/mol. The van der Waals surface area contributed by atoms with Crippen LogP contribution >= 0.6 is 10.7 Å². The monoisotopic (exact) mass is 324 g/mol. The highest BCUT2D eigenvalue weighted by atomic mass is 35.7. The van der Waals surface area contributed by atoms with Crippen LogP contribution in [0, 0.1) is 13.8 Å². The number of hydrogen-bond donors (Lipinski definition) is 0. The van der Waals surface area contributed by atoms with Gasteiger partial charge < -0.3 is 4.74 Å².